The molecule has 0 spiro atoms. The Kier molecular flexibility index (Phi) is 11.6. The lowest BCUT2D eigenvalue weighted by atomic mass is 10.4. The van der Waals surface area contributed by atoms with Crippen LogP contribution in [0.5, 0.6) is 0 Å². The smallest absolute Gasteiger partial charge is 0.0721 e. The van der Waals surface area contributed by atoms with Gasteiger partial charge in [0.05, 0.1) is 13.2 Å². The molecule has 0 unspecified atom stereocenters. The summed E-state index contributed by atoms with van der Waals surface area (Å²) >= 11 is 0. The third kappa shape index (κ3) is 11.8. The summed E-state index contributed by atoms with van der Waals surface area (Å²) in [7, 11) is 0. The van der Waals surface area contributed by atoms with E-state index in [1.165, 1.54) is 0 Å². The summed E-state index contributed by atoms with van der Waals surface area (Å²) in [6.07, 6.45) is 1.99. The van der Waals surface area contributed by atoms with E-state index in [9.17, 15) is 0 Å². The van der Waals surface area contributed by atoms with E-state index in [0.29, 0.717) is 13.2 Å². The van der Waals surface area contributed by atoms with Gasteiger partial charge in [-0.05, 0) is 39.4 Å². The zero-order valence-electron chi connectivity index (χ0n) is 8.34. The number of nitrogens with two attached hydrogens (primary N) is 1. The first-order chi connectivity index (χ1) is 6.41. The summed E-state index contributed by atoms with van der Waals surface area (Å²) in [5.41, 5.74) is 7.72. The first kappa shape index (κ1) is 12.8. The Hall–Kier alpha value is -0.200. The average molecular weight is 191 g/mol. The van der Waals surface area contributed by atoms with E-state index in [1.54, 1.807) is 0 Å². The molecule has 0 aromatic heterocycles. The van der Waals surface area contributed by atoms with Crippen molar-refractivity contribution < 1.29 is 9.68 Å². The van der Waals surface area contributed by atoms with Crippen molar-refractivity contribution in [1.29, 1.82) is 0 Å². The summed E-state index contributed by atoms with van der Waals surface area (Å²) < 4.78 is 0. The lowest BCUT2D eigenvalue weighted by Crippen LogP contribution is -2.22. The monoisotopic (exact) mass is 191 g/mol. The molecule has 0 radical (unpaired) electrons. The van der Waals surface area contributed by atoms with Crippen LogP contribution >= 0.6 is 0 Å². The zero-order chi connectivity index (χ0) is 9.78. The summed E-state index contributed by atoms with van der Waals surface area (Å²) in [4.78, 5) is 9.71. The molecule has 0 heterocycles. The second-order valence-corrected chi connectivity index (χ2v) is 2.61. The van der Waals surface area contributed by atoms with E-state index in [1.807, 2.05) is 6.92 Å². The third-order valence-electron chi connectivity index (χ3n) is 1.42. The summed E-state index contributed by atoms with van der Waals surface area (Å²) in [6.45, 7) is 5.83. The molecule has 0 atom stereocenters. The van der Waals surface area contributed by atoms with Crippen LogP contribution in [0.3, 0.4) is 0 Å². The van der Waals surface area contributed by atoms with Gasteiger partial charge in [0.1, 0.15) is 0 Å². The van der Waals surface area contributed by atoms with Gasteiger partial charge in [0.15, 0.2) is 0 Å². The highest BCUT2D eigenvalue weighted by molar-refractivity contribution is 4.47. The molecular weight excluding hydrogens is 170 g/mol. The Morgan fingerprint density at radius 1 is 1.15 bits per heavy atom. The summed E-state index contributed by atoms with van der Waals surface area (Å²) in [6, 6.07) is 0. The van der Waals surface area contributed by atoms with E-state index >= 15 is 0 Å². The van der Waals surface area contributed by atoms with Gasteiger partial charge in [-0.15, -0.1) is 0 Å². The van der Waals surface area contributed by atoms with Crippen LogP contribution in [-0.2, 0) is 9.68 Å². The predicted octanol–water partition coefficient (Wildman–Crippen LogP) is -0.212. The molecule has 5 heteroatoms. The molecule has 4 N–H and O–H groups in total. The van der Waals surface area contributed by atoms with Crippen LogP contribution in [0.25, 0.3) is 0 Å². The summed E-state index contributed by atoms with van der Waals surface area (Å²) in [5.74, 6) is 0. The quantitative estimate of drug-likeness (QED) is 0.329. The maximum absolute atomic E-state index is 5.33. The molecule has 0 aliphatic heterocycles. The third-order valence-corrected chi connectivity index (χ3v) is 1.42. The number of hydrogen-bond acceptors (Lipinski definition) is 5. The van der Waals surface area contributed by atoms with Gasteiger partial charge < -0.3 is 11.1 Å². The average Bonchev–Trinajstić information content (AvgIpc) is 2.16. The van der Waals surface area contributed by atoms with Crippen molar-refractivity contribution in [3.8, 4) is 0 Å². The standard InChI is InChI=1S/C8H21N3O2/c1-2-12-11-13-8-4-7-10-6-3-5-9/h10-11H,2-9H2,1H3. The van der Waals surface area contributed by atoms with E-state index in [-0.39, 0.29) is 0 Å². The van der Waals surface area contributed by atoms with E-state index in [2.05, 4.69) is 11.0 Å². The molecule has 13 heavy (non-hydrogen) atoms. The van der Waals surface area contributed by atoms with Crippen molar-refractivity contribution >= 4 is 0 Å². The van der Waals surface area contributed by atoms with Gasteiger partial charge in [0.25, 0.3) is 0 Å². The second-order valence-electron chi connectivity index (χ2n) is 2.61. The normalized spacial score (nSPS) is 10.6. The molecule has 0 saturated carbocycles. The van der Waals surface area contributed by atoms with Crippen molar-refractivity contribution in [3.63, 3.8) is 0 Å². The van der Waals surface area contributed by atoms with Gasteiger partial charge in [-0.1, -0.05) is 5.64 Å². The van der Waals surface area contributed by atoms with Gasteiger partial charge in [0.2, 0.25) is 0 Å². The Balaban J connectivity index is 2.76. The van der Waals surface area contributed by atoms with Gasteiger partial charge >= 0.3 is 0 Å². The minimum absolute atomic E-state index is 0.606. The van der Waals surface area contributed by atoms with E-state index < -0.39 is 0 Å². The molecule has 0 aliphatic carbocycles. The van der Waals surface area contributed by atoms with E-state index in [4.69, 9.17) is 15.4 Å². The molecule has 0 rings (SSSR count). The fourth-order valence-electron chi connectivity index (χ4n) is 0.764. The van der Waals surface area contributed by atoms with Crippen LogP contribution in [0.15, 0.2) is 0 Å². The maximum Gasteiger partial charge on any atom is 0.0721 e. The van der Waals surface area contributed by atoms with Crippen molar-refractivity contribution in [1.82, 2.24) is 11.0 Å². The number of rotatable bonds is 10. The van der Waals surface area contributed by atoms with Gasteiger partial charge in [-0.2, -0.15) is 0 Å². The molecule has 0 amide bonds. The summed E-state index contributed by atoms with van der Waals surface area (Å²) in [5, 5.41) is 3.25. The second kappa shape index (κ2) is 11.8. The Morgan fingerprint density at radius 3 is 2.62 bits per heavy atom. The van der Waals surface area contributed by atoms with Crippen LogP contribution < -0.4 is 16.7 Å². The molecule has 5 nitrogen and oxygen atoms in total. The van der Waals surface area contributed by atoms with Crippen LogP contribution in [0, 0.1) is 0 Å². The molecule has 0 saturated heterocycles. The van der Waals surface area contributed by atoms with Crippen molar-refractivity contribution in [2.24, 2.45) is 5.73 Å². The first-order valence-electron chi connectivity index (χ1n) is 4.81. The van der Waals surface area contributed by atoms with Crippen molar-refractivity contribution in [2.45, 2.75) is 19.8 Å². The number of nitrogens with one attached hydrogen (secondary N) is 2. The van der Waals surface area contributed by atoms with Crippen molar-refractivity contribution in [3.05, 3.63) is 0 Å². The van der Waals surface area contributed by atoms with Gasteiger partial charge in [-0.25, -0.2) is 0 Å². The predicted molar refractivity (Wildman–Crippen MR) is 51.9 cm³/mol. The lowest BCUT2D eigenvalue weighted by Gasteiger charge is -2.05. The lowest BCUT2D eigenvalue weighted by molar-refractivity contribution is -0.167. The highest BCUT2D eigenvalue weighted by Crippen LogP contribution is 1.78. The Labute approximate surface area is 79.9 Å². The molecule has 0 aromatic carbocycles. The number of hydrogen-bond donors (Lipinski definition) is 3. The van der Waals surface area contributed by atoms with Crippen molar-refractivity contribution in [2.75, 3.05) is 32.8 Å². The zero-order valence-corrected chi connectivity index (χ0v) is 8.34. The Morgan fingerprint density at radius 2 is 1.92 bits per heavy atom. The molecule has 0 fully saturated rings. The SMILES string of the molecule is CCONOCCCNCCCN. The topological polar surface area (TPSA) is 68.5 Å². The fourth-order valence-corrected chi connectivity index (χ4v) is 0.764. The molecule has 0 aliphatic rings. The van der Waals surface area contributed by atoms with Gasteiger partial charge in [-0.3, -0.25) is 9.68 Å². The Bertz CT molecular complexity index is 83.5. The largest absolute Gasteiger partial charge is 0.330 e. The van der Waals surface area contributed by atoms with Crippen LogP contribution in [-0.4, -0.2) is 32.8 Å². The highest BCUT2D eigenvalue weighted by Gasteiger charge is 1.88. The molecule has 0 aromatic rings. The molecule has 0 bridgehead atoms. The van der Waals surface area contributed by atoms with Gasteiger partial charge in [0, 0.05) is 0 Å². The minimum atomic E-state index is 0.606. The van der Waals surface area contributed by atoms with E-state index in [0.717, 1.165) is 32.5 Å². The van der Waals surface area contributed by atoms with Crippen LogP contribution in [0.2, 0.25) is 0 Å². The highest BCUT2D eigenvalue weighted by atomic mass is 16.9. The van der Waals surface area contributed by atoms with Crippen LogP contribution in [0.1, 0.15) is 19.8 Å². The molecule has 80 valence electrons. The molecular formula is C8H21N3O2. The maximum atomic E-state index is 5.33. The van der Waals surface area contributed by atoms with Crippen LogP contribution in [0.4, 0.5) is 0 Å². The fraction of sp³-hybridized carbons (Fsp3) is 1.00. The minimum Gasteiger partial charge on any atom is -0.330 e. The first-order valence-corrected chi connectivity index (χ1v) is 4.81.